The van der Waals surface area contributed by atoms with Crippen LogP contribution in [-0.4, -0.2) is 30.1 Å². The molecule has 6 nitrogen and oxygen atoms in total. The minimum atomic E-state index is -0.402. The van der Waals surface area contributed by atoms with Gasteiger partial charge in [-0.15, -0.1) is 0 Å². The van der Waals surface area contributed by atoms with Gasteiger partial charge in [-0.05, 0) is 31.2 Å². The number of aromatic nitrogens is 2. The predicted molar refractivity (Wildman–Crippen MR) is 102 cm³/mol. The number of aryl methyl sites for hydroxylation is 1. The summed E-state index contributed by atoms with van der Waals surface area (Å²) in [6, 6.07) is 18.9. The van der Waals surface area contributed by atoms with E-state index in [4.69, 9.17) is 4.74 Å². The zero-order chi connectivity index (χ0) is 18.5. The first kappa shape index (κ1) is 17.4. The lowest BCUT2D eigenvalue weighted by atomic mass is 10.2. The second-order valence-corrected chi connectivity index (χ2v) is 5.75. The molecule has 0 radical (unpaired) electrons. The predicted octanol–water partition coefficient (Wildman–Crippen LogP) is 4.08. The third-order valence-corrected chi connectivity index (χ3v) is 3.88. The van der Waals surface area contributed by atoms with E-state index < -0.39 is 5.97 Å². The van der Waals surface area contributed by atoms with Gasteiger partial charge in [-0.2, -0.15) is 4.98 Å². The number of hydrogen-bond acceptors (Lipinski definition) is 6. The van der Waals surface area contributed by atoms with E-state index in [0.29, 0.717) is 23.0 Å². The summed E-state index contributed by atoms with van der Waals surface area (Å²) in [7, 11) is 3.27. The van der Waals surface area contributed by atoms with Crippen LogP contribution in [0.3, 0.4) is 0 Å². The van der Waals surface area contributed by atoms with Crippen molar-refractivity contribution in [2.75, 3.05) is 24.4 Å². The molecule has 26 heavy (non-hydrogen) atoms. The minimum absolute atomic E-state index is 0.402. The lowest BCUT2D eigenvalue weighted by Gasteiger charge is -2.19. The zero-order valence-corrected chi connectivity index (χ0v) is 14.9. The monoisotopic (exact) mass is 348 g/mol. The SMILES string of the molecule is COC(=O)c1ccccc1Nc1cc(C)nc(N(C)c2ccccc2)n1. The Morgan fingerprint density at radius 2 is 1.73 bits per heavy atom. The van der Waals surface area contributed by atoms with Gasteiger partial charge in [0.2, 0.25) is 5.95 Å². The van der Waals surface area contributed by atoms with Crippen molar-refractivity contribution < 1.29 is 9.53 Å². The number of nitrogens with one attached hydrogen (secondary N) is 1. The average molecular weight is 348 g/mol. The molecule has 0 aliphatic heterocycles. The lowest BCUT2D eigenvalue weighted by molar-refractivity contribution is 0.0602. The zero-order valence-electron chi connectivity index (χ0n) is 14.9. The van der Waals surface area contributed by atoms with E-state index in [1.807, 2.05) is 67.4 Å². The highest BCUT2D eigenvalue weighted by Gasteiger charge is 2.13. The van der Waals surface area contributed by atoms with Gasteiger partial charge in [0.1, 0.15) is 5.82 Å². The van der Waals surface area contributed by atoms with Crippen LogP contribution < -0.4 is 10.2 Å². The molecular formula is C20H20N4O2. The summed E-state index contributed by atoms with van der Waals surface area (Å²) >= 11 is 0. The van der Waals surface area contributed by atoms with Crippen LogP contribution in [0, 0.1) is 6.92 Å². The second kappa shape index (κ2) is 7.65. The molecule has 1 heterocycles. The Hall–Kier alpha value is -3.41. The molecule has 0 saturated heterocycles. The minimum Gasteiger partial charge on any atom is -0.465 e. The summed E-state index contributed by atoms with van der Waals surface area (Å²) in [4.78, 5) is 22.9. The summed E-state index contributed by atoms with van der Waals surface area (Å²) in [6.07, 6.45) is 0. The topological polar surface area (TPSA) is 67.3 Å². The normalized spacial score (nSPS) is 10.3. The van der Waals surface area contributed by atoms with Gasteiger partial charge >= 0.3 is 5.97 Å². The molecule has 3 aromatic rings. The summed E-state index contributed by atoms with van der Waals surface area (Å²) in [5, 5.41) is 3.20. The molecule has 0 unspecified atom stereocenters. The molecule has 2 aromatic carbocycles. The van der Waals surface area contributed by atoms with Gasteiger partial charge in [0.25, 0.3) is 0 Å². The van der Waals surface area contributed by atoms with Crippen molar-refractivity contribution in [3.8, 4) is 0 Å². The summed E-state index contributed by atoms with van der Waals surface area (Å²) < 4.78 is 4.84. The highest BCUT2D eigenvalue weighted by Crippen LogP contribution is 2.24. The van der Waals surface area contributed by atoms with Crippen molar-refractivity contribution >= 4 is 29.1 Å². The molecule has 3 rings (SSSR count). The Kier molecular flexibility index (Phi) is 5.12. The number of para-hydroxylation sites is 2. The maximum Gasteiger partial charge on any atom is 0.339 e. The molecule has 6 heteroatoms. The molecule has 132 valence electrons. The number of rotatable bonds is 5. The number of anilines is 4. The maximum atomic E-state index is 11.9. The van der Waals surface area contributed by atoms with Gasteiger partial charge in [-0.3, -0.25) is 0 Å². The highest BCUT2D eigenvalue weighted by atomic mass is 16.5. The fourth-order valence-corrected chi connectivity index (χ4v) is 2.55. The Bertz CT molecular complexity index is 913. The van der Waals surface area contributed by atoms with Crippen LogP contribution in [0.15, 0.2) is 60.7 Å². The van der Waals surface area contributed by atoms with Crippen LogP contribution in [0.5, 0.6) is 0 Å². The number of ether oxygens (including phenoxy) is 1. The van der Waals surface area contributed by atoms with E-state index in [9.17, 15) is 4.79 Å². The van der Waals surface area contributed by atoms with Gasteiger partial charge in [-0.1, -0.05) is 30.3 Å². The summed E-state index contributed by atoms with van der Waals surface area (Å²) in [5.41, 5.74) is 2.88. The molecule has 0 saturated carbocycles. The molecule has 0 aliphatic carbocycles. The van der Waals surface area contributed by atoms with E-state index in [2.05, 4.69) is 15.3 Å². The summed E-state index contributed by atoms with van der Waals surface area (Å²) in [6.45, 7) is 1.90. The van der Waals surface area contributed by atoms with Gasteiger partial charge in [0.15, 0.2) is 0 Å². The number of methoxy groups -OCH3 is 1. The molecule has 0 aliphatic rings. The third-order valence-electron chi connectivity index (χ3n) is 3.88. The molecule has 0 spiro atoms. The number of nitrogens with zero attached hydrogens (tertiary/aromatic N) is 3. The number of esters is 1. The van der Waals surface area contributed by atoms with Crippen molar-refractivity contribution in [1.29, 1.82) is 0 Å². The fraction of sp³-hybridized carbons (Fsp3) is 0.150. The Morgan fingerprint density at radius 3 is 2.46 bits per heavy atom. The van der Waals surface area contributed by atoms with E-state index >= 15 is 0 Å². The van der Waals surface area contributed by atoms with Crippen molar-refractivity contribution in [1.82, 2.24) is 9.97 Å². The molecular weight excluding hydrogens is 328 g/mol. The van der Waals surface area contributed by atoms with Crippen LogP contribution in [0.25, 0.3) is 0 Å². The number of carbonyl (C=O) groups excluding carboxylic acids is 1. The van der Waals surface area contributed by atoms with E-state index in [-0.39, 0.29) is 0 Å². The average Bonchev–Trinajstić information content (AvgIpc) is 2.67. The van der Waals surface area contributed by atoms with Crippen LogP contribution in [-0.2, 0) is 4.74 Å². The largest absolute Gasteiger partial charge is 0.465 e. The van der Waals surface area contributed by atoms with Crippen LogP contribution in [0.1, 0.15) is 16.1 Å². The van der Waals surface area contributed by atoms with E-state index in [1.54, 1.807) is 12.1 Å². The first-order valence-corrected chi connectivity index (χ1v) is 8.17. The van der Waals surface area contributed by atoms with Crippen LogP contribution in [0.4, 0.5) is 23.1 Å². The molecule has 0 atom stereocenters. The number of hydrogen-bond donors (Lipinski definition) is 1. The smallest absolute Gasteiger partial charge is 0.339 e. The number of carbonyl (C=O) groups is 1. The highest BCUT2D eigenvalue weighted by molar-refractivity contribution is 5.96. The number of benzene rings is 2. The lowest BCUT2D eigenvalue weighted by Crippen LogP contribution is -2.14. The van der Waals surface area contributed by atoms with E-state index in [0.717, 1.165) is 11.4 Å². The van der Waals surface area contributed by atoms with Gasteiger partial charge in [-0.25, -0.2) is 9.78 Å². The van der Waals surface area contributed by atoms with E-state index in [1.165, 1.54) is 7.11 Å². The van der Waals surface area contributed by atoms with Gasteiger partial charge in [0, 0.05) is 24.5 Å². The second-order valence-electron chi connectivity index (χ2n) is 5.75. The molecule has 1 aromatic heterocycles. The Labute approximate surface area is 152 Å². The first-order chi connectivity index (χ1) is 12.6. The molecule has 1 N–H and O–H groups in total. The Balaban J connectivity index is 1.93. The van der Waals surface area contributed by atoms with Crippen LogP contribution in [0.2, 0.25) is 0 Å². The summed E-state index contributed by atoms with van der Waals surface area (Å²) in [5.74, 6) is 0.765. The first-order valence-electron chi connectivity index (χ1n) is 8.17. The van der Waals surface area contributed by atoms with Gasteiger partial charge in [0.05, 0.1) is 18.4 Å². The van der Waals surface area contributed by atoms with Crippen molar-refractivity contribution in [3.63, 3.8) is 0 Å². The molecule has 0 amide bonds. The van der Waals surface area contributed by atoms with Crippen LogP contribution >= 0.6 is 0 Å². The Morgan fingerprint density at radius 1 is 1.04 bits per heavy atom. The van der Waals surface area contributed by atoms with Crippen molar-refractivity contribution in [3.05, 3.63) is 71.9 Å². The van der Waals surface area contributed by atoms with Crippen molar-refractivity contribution in [2.24, 2.45) is 0 Å². The molecule has 0 fully saturated rings. The van der Waals surface area contributed by atoms with Gasteiger partial charge < -0.3 is 15.0 Å². The fourth-order valence-electron chi connectivity index (χ4n) is 2.55. The third kappa shape index (κ3) is 3.80. The van der Waals surface area contributed by atoms with Crippen molar-refractivity contribution in [2.45, 2.75) is 6.92 Å². The maximum absolute atomic E-state index is 11.9. The quantitative estimate of drug-likeness (QED) is 0.701. The standard InChI is InChI=1S/C20H20N4O2/c1-14-13-18(22-17-12-8-7-11-16(17)19(25)26-3)23-20(21-14)24(2)15-9-5-4-6-10-15/h4-13H,1-3H3,(H,21,22,23). The molecule has 0 bridgehead atoms.